The van der Waals surface area contributed by atoms with Gasteiger partial charge in [-0.05, 0) is 26.3 Å². The molecule has 0 saturated carbocycles. The van der Waals surface area contributed by atoms with Gasteiger partial charge in [0.1, 0.15) is 0 Å². The van der Waals surface area contributed by atoms with Crippen LogP contribution in [0.3, 0.4) is 0 Å². The molecule has 3 rings (SSSR count). The van der Waals surface area contributed by atoms with E-state index >= 15 is 0 Å². The van der Waals surface area contributed by atoms with E-state index in [9.17, 15) is 9.59 Å². The van der Waals surface area contributed by atoms with Crippen LogP contribution in [0.25, 0.3) is 0 Å². The molecule has 1 unspecified atom stereocenters. The van der Waals surface area contributed by atoms with Crippen LogP contribution in [0.5, 0.6) is 0 Å². The van der Waals surface area contributed by atoms with Gasteiger partial charge in [0, 0.05) is 31.5 Å². The Bertz CT molecular complexity index is 635. The average molecular weight is 352 g/mol. The van der Waals surface area contributed by atoms with E-state index in [-0.39, 0.29) is 24.0 Å². The van der Waals surface area contributed by atoms with Gasteiger partial charge in [0.15, 0.2) is 0 Å². The molecular weight excluding hydrogens is 328 g/mol. The van der Waals surface area contributed by atoms with Crippen molar-refractivity contribution in [1.82, 2.24) is 9.47 Å². The van der Waals surface area contributed by atoms with Crippen LogP contribution >= 0.6 is 11.8 Å². The second-order valence-electron chi connectivity index (χ2n) is 6.52. The van der Waals surface area contributed by atoms with E-state index in [2.05, 4.69) is 4.57 Å². The number of fused-ring (bicyclic) bond motifs is 1. The molecule has 2 aliphatic rings. The average Bonchev–Trinajstić information content (AvgIpc) is 3.06. The molecule has 0 radical (unpaired) electrons. The number of thioether (sulfide) groups is 1. The molecule has 0 N–H and O–H groups in total. The van der Waals surface area contributed by atoms with Gasteiger partial charge in [0.25, 0.3) is 0 Å². The van der Waals surface area contributed by atoms with Gasteiger partial charge in [-0.1, -0.05) is 0 Å². The Labute approximate surface area is 146 Å². The van der Waals surface area contributed by atoms with Gasteiger partial charge < -0.3 is 18.9 Å². The van der Waals surface area contributed by atoms with Gasteiger partial charge in [-0.3, -0.25) is 4.79 Å². The SMILES string of the molecule is Cc1cn2c(c1C(=O)OC(C)C)SCC2CC(=O)N1CCOCC1. The van der Waals surface area contributed by atoms with Crippen molar-refractivity contribution in [3.63, 3.8) is 0 Å². The number of morpholine rings is 1. The molecule has 3 heterocycles. The zero-order chi connectivity index (χ0) is 17.3. The van der Waals surface area contributed by atoms with Crippen LogP contribution in [-0.2, 0) is 14.3 Å². The minimum atomic E-state index is -0.274. The lowest BCUT2D eigenvalue weighted by Gasteiger charge is -2.28. The highest BCUT2D eigenvalue weighted by Gasteiger charge is 2.32. The highest BCUT2D eigenvalue weighted by Crippen LogP contribution is 2.40. The maximum atomic E-state index is 12.5. The summed E-state index contributed by atoms with van der Waals surface area (Å²) in [7, 11) is 0. The third kappa shape index (κ3) is 3.47. The molecule has 0 aliphatic carbocycles. The van der Waals surface area contributed by atoms with Crippen LogP contribution in [-0.4, -0.2) is 59.5 Å². The van der Waals surface area contributed by atoms with Gasteiger partial charge >= 0.3 is 5.97 Å². The molecular formula is C17H24N2O4S. The number of aromatic nitrogens is 1. The van der Waals surface area contributed by atoms with Crippen molar-refractivity contribution < 1.29 is 19.1 Å². The highest BCUT2D eigenvalue weighted by molar-refractivity contribution is 7.99. The lowest BCUT2D eigenvalue weighted by molar-refractivity contribution is -0.135. The number of aryl methyl sites for hydroxylation is 1. The van der Waals surface area contributed by atoms with Crippen molar-refractivity contribution in [1.29, 1.82) is 0 Å². The molecule has 1 amide bonds. The first-order valence-corrected chi connectivity index (χ1v) is 9.36. The van der Waals surface area contributed by atoms with Crippen molar-refractivity contribution >= 4 is 23.6 Å². The zero-order valence-corrected chi connectivity index (χ0v) is 15.2. The van der Waals surface area contributed by atoms with Crippen LogP contribution in [0.2, 0.25) is 0 Å². The van der Waals surface area contributed by atoms with E-state index in [1.807, 2.05) is 31.9 Å². The summed E-state index contributed by atoms with van der Waals surface area (Å²) in [5.41, 5.74) is 1.56. The minimum Gasteiger partial charge on any atom is -0.459 e. The van der Waals surface area contributed by atoms with Crippen LogP contribution < -0.4 is 0 Å². The van der Waals surface area contributed by atoms with E-state index in [1.54, 1.807) is 11.8 Å². The first-order chi connectivity index (χ1) is 11.5. The van der Waals surface area contributed by atoms with Gasteiger partial charge in [-0.2, -0.15) is 0 Å². The molecule has 6 nitrogen and oxygen atoms in total. The summed E-state index contributed by atoms with van der Waals surface area (Å²) < 4.78 is 12.7. The fourth-order valence-electron chi connectivity index (χ4n) is 3.12. The number of esters is 1. The summed E-state index contributed by atoms with van der Waals surface area (Å²) >= 11 is 1.63. The minimum absolute atomic E-state index is 0.0969. The lowest BCUT2D eigenvalue weighted by Crippen LogP contribution is -2.41. The normalized spacial score (nSPS) is 20.3. The third-order valence-corrected chi connectivity index (χ3v) is 5.54. The summed E-state index contributed by atoms with van der Waals surface area (Å²) in [4.78, 5) is 26.7. The van der Waals surface area contributed by atoms with Crippen molar-refractivity contribution in [3.05, 3.63) is 17.3 Å². The predicted molar refractivity (Wildman–Crippen MR) is 91.5 cm³/mol. The van der Waals surface area contributed by atoms with Crippen molar-refractivity contribution in [2.75, 3.05) is 32.1 Å². The molecule has 7 heteroatoms. The summed E-state index contributed by atoms with van der Waals surface area (Å²) in [6, 6.07) is 0.0969. The molecule has 1 fully saturated rings. The molecule has 1 aromatic rings. The second-order valence-corrected chi connectivity index (χ2v) is 7.52. The lowest BCUT2D eigenvalue weighted by atomic mass is 10.2. The van der Waals surface area contributed by atoms with Crippen LogP contribution in [0.4, 0.5) is 0 Å². The number of rotatable bonds is 4. The Morgan fingerprint density at radius 1 is 1.38 bits per heavy atom. The van der Waals surface area contributed by atoms with Crippen LogP contribution in [0, 0.1) is 6.92 Å². The first kappa shape index (κ1) is 17.4. The smallest absolute Gasteiger partial charge is 0.341 e. The Hall–Kier alpha value is -1.47. The Kier molecular flexibility index (Phi) is 5.20. The number of hydrogen-bond donors (Lipinski definition) is 0. The Balaban J connectivity index is 1.73. The second kappa shape index (κ2) is 7.19. The molecule has 1 atom stereocenters. The maximum absolute atomic E-state index is 12.5. The molecule has 132 valence electrons. The molecule has 0 bridgehead atoms. The van der Waals surface area contributed by atoms with Gasteiger partial charge in [0.2, 0.25) is 5.91 Å². The number of carbonyl (C=O) groups excluding carboxylic acids is 2. The van der Waals surface area contributed by atoms with Crippen LogP contribution in [0.15, 0.2) is 11.2 Å². The Morgan fingerprint density at radius 2 is 2.08 bits per heavy atom. The standard InChI is InChI=1S/C17H24N2O4S/c1-11(2)23-17(21)15-12(3)9-19-13(10-24-16(15)19)8-14(20)18-4-6-22-7-5-18/h9,11,13H,4-8,10H2,1-3H3. The fourth-order valence-corrected chi connectivity index (χ4v) is 4.49. The topological polar surface area (TPSA) is 60.8 Å². The van der Waals surface area contributed by atoms with E-state index < -0.39 is 0 Å². The molecule has 1 aromatic heterocycles. The molecule has 1 saturated heterocycles. The van der Waals surface area contributed by atoms with Crippen molar-refractivity contribution in [2.24, 2.45) is 0 Å². The van der Waals surface area contributed by atoms with Gasteiger partial charge in [-0.15, -0.1) is 11.8 Å². The van der Waals surface area contributed by atoms with Crippen LogP contribution in [0.1, 0.15) is 42.2 Å². The fraction of sp³-hybridized carbons (Fsp3) is 0.647. The molecule has 24 heavy (non-hydrogen) atoms. The van der Waals surface area contributed by atoms with E-state index in [0.717, 1.165) is 16.3 Å². The van der Waals surface area contributed by atoms with Gasteiger partial charge in [-0.25, -0.2) is 4.79 Å². The monoisotopic (exact) mass is 352 g/mol. The largest absolute Gasteiger partial charge is 0.459 e. The summed E-state index contributed by atoms with van der Waals surface area (Å²) in [6.07, 6.45) is 2.30. The molecule has 0 spiro atoms. The molecule has 0 aromatic carbocycles. The van der Waals surface area contributed by atoms with E-state index in [1.165, 1.54) is 0 Å². The summed E-state index contributed by atoms with van der Waals surface area (Å²) in [6.45, 7) is 8.18. The van der Waals surface area contributed by atoms with Crippen molar-refractivity contribution in [3.8, 4) is 0 Å². The van der Waals surface area contributed by atoms with Gasteiger partial charge in [0.05, 0.1) is 35.9 Å². The number of amides is 1. The number of ether oxygens (including phenoxy) is 2. The number of nitrogens with zero attached hydrogens (tertiary/aromatic N) is 2. The third-order valence-electron chi connectivity index (χ3n) is 4.30. The van der Waals surface area contributed by atoms with Crippen molar-refractivity contribution in [2.45, 2.75) is 44.4 Å². The summed E-state index contributed by atoms with van der Waals surface area (Å²) in [5.74, 6) is 0.700. The zero-order valence-electron chi connectivity index (χ0n) is 14.4. The van der Waals surface area contributed by atoms with E-state index in [4.69, 9.17) is 9.47 Å². The number of carbonyl (C=O) groups is 2. The quantitative estimate of drug-likeness (QED) is 0.778. The predicted octanol–water partition coefficient (Wildman–Crippen LogP) is 2.26. The highest BCUT2D eigenvalue weighted by atomic mass is 32.2. The Morgan fingerprint density at radius 3 is 2.75 bits per heavy atom. The summed E-state index contributed by atoms with van der Waals surface area (Å²) in [5, 5.41) is 0.929. The molecule has 2 aliphatic heterocycles. The first-order valence-electron chi connectivity index (χ1n) is 8.38. The van der Waals surface area contributed by atoms with E-state index in [0.29, 0.717) is 38.3 Å². The number of hydrogen-bond acceptors (Lipinski definition) is 5. The maximum Gasteiger partial charge on any atom is 0.341 e.